The highest BCUT2D eigenvalue weighted by molar-refractivity contribution is 7.89. The number of hydrogen-bond donors (Lipinski definition) is 2. The summed E-state index contributed by atoms with van der Waals surface area (Å²) in [6, 6.07) is 4.42. The monoisotopic (exact) mass is 534 g/mol. The fourth-order valence-electron chi connectivity index (χ4n) is 5.55. The normalized spacial score (nSPS) is 21.8. The van der Waals surface area contributed by atoms with Gasteiger partial charge in [-0.25, -0.2) is 8.42 Å². The summed E-state index contributed by atoms with van der Waals surface area (Å²) in [7, 11) is -1.89. The van der Waals surface area contributed by atoms with Gasteiger partial charge in [-0.15, -0.1) is 0 Å². The number of rotatable bonds is 10. The second-order valence-corrected chi connectivity index (χ2v) is 12.1. The van der Waals surface area contributed by atoms with Gasteiger partial charge in [0, 0.05) is 38.7 Å². The van der Waals surface area contributed by atoms with Crippen molar-refractivity contribution in [2.45, 2.75) is 56.9 Å². The van der Waals surface area contributed by atoms with Crippen LogP contribution in [0.25, 0.3) is 0 Å². The quantitative estimate of drug-likeness (QED) is 0.470. The van der Waals surface area contributed by atoms with Crippen LogP contribution in [0.15, 0.2) is 34.4 Å². The van der Waals surface area contributed by atoms with E-state index in [-0.39, 0.29) is 36.2 Å². The molecule has 0 aromatic heterocycles. The molecule has 3 aliphatic rings. The summed E-state index contributed by atoms with van der Waals surface area (Å²) in [5.74, 6) is -0.464. The molecule has 204 valence electrons. The summed E-state index contributed by atoms with van der Waals surface area (Å²) >= 11 is 0. The van der Waals surface area contributed by atoms with Gasteiger partial charge in [-0.1, -0.05) is 13.8 Å². The molecule has 1 atom stereocenters. The number of likely N-dealkylation sites (N-methyl/N-ethyl adjacent to an activating group) is 1. The molecule has 1 aromatic rings. The predicted molar refractivity (Wildman–Crippen MR) is 138 cm³/mol. The van der Waals surface area contributed by atoms with Gasteiger partial charge in [-0.3, -0.25) is 14.5 Å². The highest BCUT2D eigenvalue weighted by atomic mass is 32.2. The van der Waals surface area contributed by atoms with E-state index in [4.69, 9.17) is 9.84 Å². The van der Waals surface area contributed by atoms with Crippen LogP contribution in [-0.4, -0.2) is 86.0 Å². The topological polar surface area (TPSA) is 119 Å². The van der Waals surface area contributed by atoms with Crippen LogP contribution in [-0.2, 0) is 19.6 Å². The first kappa shape index (κ1) is 27.4. The molecule has 11 heteroatoms. The number of sulfonamides is 1. The number of piperidine rings is 1. The van der Waals surface area contributed by atoms with Crippen molar-refractivity contribution in [1.29, 1.82) is 0 Å². The molecule has 0 spiro atoms. The van der Waals surface area contributed by atoms with Crippen molar-refractivity contribution in [1.82, 2.24) is 19.4 Å². The smallest absolute Gasteiger partial charge is 0.303 e. The molecule has 0 radical (unpaired) electrons. The fraction of sp³-hybridized carbons (Fsp3) is 0.615. The minimum Gasteiger partial charge on any atom is -0.493 e. The van der Waals surface area contributed by atoms with Crippen molar-refractivity contribution in [3.05, 3.63) is 35.0 Å². The van der Waals surface area contributed by atoms with Crippen LogP contribution in [0.4, 0.5) is 0 Å². The van der Waals surface area contributed by atoms with Crippen molar-refractivity contribution in [2.24, 2.45) is 5.92 Å². The molecular weight excluding hydrogens is 496 g/mol. The Labute approximate surface area is 219 Å². The van der Waals surface area contributed by atoms with E-state index < -0.39 is 22.0 Å². The predicted octanol–water partition coefficient (Wildman–Crippen LogP) is 2.39. The summed E-state index contributed by atoms with van der Waals surface area (Å²) in [5, 5.41) is 12.2. The number of nitrogens with one attached hydrogen (secondary N) is 1. The average Bonchev–Trinajstić information content (AvgIpc) is 3.19. The highest BCUT2D eigenvalue weighted by Crippen LogP contribution is 2.40. The standard InChI is InChI=1S/C26H38N4O6S/c1-4-10-29-16-21-24(27-26(33)25(21)28(3)17-29)20-15-19(6-7-22(20)36-13-5-2)37(34,35)30-11-8-18(9-12-30)14-23(31)32/h6-7,15,18,24H,4-5,8-14,16-17H2,1-3H3,(H,27,33)(H,31,32). The van der Waals surface area contributed by atoms with Crippen molar-refractivity contribution in [3.8, 4) is 5.75 Å². The molecule has 1 saturated heterocycles. The van der Waals surface area contributed by atoms with Crippen LogP contribution < -0.4 is 10.1 Å². The summed E-state index contributed by atoms with van der Waals surface area (Å²) in [4.78, 5) is 28.4. The number of amides is 1. The van der Waals surface area contributed by atoms with Crippen LogP contribution >= 0.6 is 0 Å². The zero-order chi connectivity index (χ0) is 26.7. The fourth-order valence-corrected chi connectivity index (χ4v) is 7.06. The van der Waals surface area contributed by atoms with Gasteiger partial charge >= 0.3 is 5.97 Å². The van der Waals surface area contributed by atoms with Crippen molar-refractivity contribution < 1.29 is 27.9 Å². The number of ether oxygens (including phenoxy) is 1. The molecule has 3 aliphatic heterocycles. The van der Waals surface area contributed by atoms with Crippen LogP contribution in [0.5, 0.6) is 5.75 Å². The van der Waals surface area contributed by atoms with Crippen molar-refractivity contribution in [2.75, 3.05) is 46.5 Å². The highest BCUT2D eigenvalue weighted by Gasteiger charge is 2.40. The molecular formula is C26H38N4O6S. The molecule has 1 amide bonds. The first-order valence-electron chi connectivity index (χ1n) is 13.1. The molecule has 0 bridgehead atoms. The maximum atomic E-state index is 13.6. The van der Waals surface area contributed by atoms with Gasteiger partial charge in [0.25, 0.3) is 5.91 Å². The third-order valence-electron chi connectivity index (χ3n) is 7.30. The molecule has 1 aromatic carbocycles. The third-order valence-corrected chi connectivity index (χ3v) is 9.19. The van der Waals surface area contributed by atoms with Crippen molar-refractivity contribution >= 4 is 21.9 Å². The number of carbonyl (C=O) groups excluding carboxylic acids is 1. The van der Waals surface area contributed by atoms with E-state index in [0.717, 1.165) is 25.0 Å². The maximum absolute atomic E-state index is 13.6. The van der Waals surface area contributed by atoms with E-state index in [1.54, 1.807) is 18.2 Å². The number of carbonyl (C=O) groups is 2. The van der Waals surface area contributed by atoms with E-state index in [0.29, 0.717) is 49.7 Å². The van der Waals surface area contributed by atoms with Gasteiger partial charge in [0.15, 0.2) is 0 Å². The van der Waals surface area contributed by atoms with E-state index in [2.05, 4.69) is 17.1 Å². The Balaban J connectivity index is 1.66. The molecule has 0 aliphatic carbocycles. The Hall–Kier alpha value is -2.63. The van der Waals surface area contributed by atoms with Crippen LogP contribution in [0.3, 0.4) is 0 Å². The van der Waals surface area contributed by atoms with Gasteiger partial charge in [0.1, 0.15) is 11.4 Å². The number of benzene rings is 1. The van der Waals surface area contributed by atoms with Gasteiger partial charge in [-0.2, -0.15) is 4.31 Å². The van der Waals surface area contributed by atoms with Crippen LogP contribution in [0.1, 0.15) is 57.6 Å². The molecule has 2 N–H and O–H groups in total. The molecule has 3 heterocycles. The number of nitrogens with zero attached hydrogens (tertiary/aromatic N) is 3. The second-order valence-electron chi connectivity index (χ2n) is 10.2. The average molecular weight is 535 g/mol. The Morgan fingerprint density at radius 3 is 2.57 bits per heavy atom. The molecule has 4 rings (SSSR count). The number of carboxylic acid groups (broad SMARTS) is 1. The first-order valence-corrected chi connectivity index (χ1v) is 14.6. The molecule has 10 nitrogen and oxygen atoms in total. The first-order chi connectivity index (χ1) is 17.6. The largest absolute Gasteiger partial charge is 0.493 e. The number of carboxylic acids is 1. The SMILES string of the molecule is CCCOc1ccc(S(=O)(=O)N2CCC(CC(=O)O)CC2)cc1C1NC(=O)C2=C1CN(CCC)CN2C. The summed E-state index contributed by atoms with van der Waals surface area (Å²) in [6.45, 7) is 7.36. The lowest BCUT2D eigenvalue weighted by Gasteiger charge is -2.35. The minimum atomic E-state index is -3.80. The molecule has 37 heavy (non-hydrogen) atoms. The zero-order valence-corrected chi connectivity index (χ0v) is 22.7. The number of hydrogen-bond acceptors (Lipinski definition) is 7. The number of aliphatic carboxylic acids is 1. The Kier molecular flexibility index (Phi) is 8.45. The summed E-state index contributed by atoms with van der Waals surface area (Å²) in [6.07, 6.45) is 2.88. The lowest BCUT2D eigenvalue weighted by molar-refractivity contribution is -0.138. The lowest BCUT2D eigenvalue weighted by Crippen LogP contribution is -2.43. The van der Waals surface area contributed by atoms with E-state index in [9.17, 15) is 18.0 Å². The Bertz CT molecular complexity index is 1160. The second kappa shape index (κ2) is 11.4. The summed E-state index contributed by atoms with van der Waals surface area (Å²) < 4.78 is 34.6. The van der Waals surface area contributed by atoms with E-state index >= 15 is 0 Å². The summed E-state index contributed by atoms with van der Waals surface area (Å²) in [5.41, 5.74) is 2.21. The Morgan fingerprint density at radius 1 is 1.19 bits per heavy atom. The third kappa shape index (κ3) is 5.78. The van der Waals surface area contributed by atoms with Gasteiger partial charge in [-0.05, 0) is 61.9 Å². The van der Waals surface area contributed by atoms with Gasteiger partial charge in [0.2, 0.25) is 10.0 Å². The molecule has 1 fully saturated rings. The zero-order valence-electron chi connectivity index (χ0n) is 21.9. The molecule has 1 unspecified atom stereocenters. The van der Waals surface area contributed by atoms with E-state index in [1.807, 2.05) is 18.9 Å². The maximum Gasteiger partial charge on any atom is 0.303 e. The van der Waals surface area contributed by atoms with Crippen LogP contribution in [0, 0.1) is 5.92 Å². The van der Waals surface area contributed by atoms with E-state index in [1.165, 1.54) is 4.31 Å². The molecule has 0 saturated carbocycles. The van der Waals surface area contributed by atoms with Gasteiger partial charge in [0.05, 0.1) is 24.2 Å². The van der Waals surface area contributed by atoms with Gasteiger partial charge < -0.3 is 20.1 Å². The van der Waals surface area contributed by atoms with Crippen LogP contribution in [0.2, 0.25) is 0 Å². The lowest BCUT2D eigenvalue weighted by atomic mass is 9.95. The Morgan fingerprint density at radius 2 is 1.92 bits per heavy atom. The minimum absolute atomic E-state index is 0.0160. The van der Waals surface area contributed by atoms with Crippen molar-refractivity contribution in [3.63, 3.8) is 0 Å².